The van der Waals surface area contributed by atoms with E-state index in [-0.39, 0.29) is 36.1 Å². The molecule has 0 atom stereocenters. The number of ether oxygens (including phenoxy) is 3. The number of nitriles is 1. The van der Waals surface area contributed by atoms with Gasteiger partial charge in [-0.1, -0.05) is 0 Å². The lowest BCUT2D eigenvalue weighted by molar-refractivity contribution is -0.385. The summed E-state index contributed by atoms with van der Waals surface area (Å²) >= 11 is 4.92. The molecule has 2 aromatic rings. The number of aliphatic hydroxyl groups excluding tert-OH is 1. The first kappa shape index (κ1) is 32.2. The van der Waals surface area contributed by atoms with Crippen LogP contribution in [0.5, 0.6) is 11.5 Å². The van der Waals surface area contributed by atoms with Crippen LogP contribution in [0.2, 0.25) is 0 Å². The number of hydrogen-bond acceptors (Lipinski definition) is 11. The second-order valence-corrected chi connectivity index (χ2v) is 6.57. The van der Waals surface area contributed by atoms with Gasteiger partial charge in [0.05, 0.1) is 29.1 Å². The Balaban J connectivity index is 0.000000594. The molecule has 0 radical (unpaired) electrons. The van der Waals surface area contributed by atoms with Crippen LogP contribution in [0.1, 0.15) is 19.3 Å². The number of nitro benzene ring substituents is 2. The number of halogens is 1. The molecule has 0 saturated heterocycles. The Morgan fingerprint density at radius 1 is 0.973 bits per heavy atom. The molecule has 2 rings (SSSR count). The minimum absolute atomic E-state index is 0.0747. The summed E-state index contributed by atoms with van der Waals surface area (Å²) in [6, 6.07) is 12.0. The molecule has 0 aromatic heterocycles. The number of carbonyl (C=O) groups is 2. The lowest BCUT2D eigenvalue weighted by atomic mass is 10.3. The molecule has 0 aliphatic carbocycles. The molecule has 2 aromatic carbocycles. The van der Waals surface area contributed by atoms with Crippen LogP contribution >= 0.6 is 11.6 Å². The smallest absolute Gasteiger partial charge is 0.434 e. The second-order valence-electron chi connectivity index (χ2n) is 6.26. The number of aliphatic hydroxyl groups is 1. The highest BCUT2D eigenvalue weighted by Crippen LogP contribution is 2.18. The van der Waals surface area contributed by atoms with Crippen LogP contribution in [0.15, 0.2) is 48.5 Å². The minimum Gasteiger partial charge on any atom is -0.434 e. The standard InChI is InChI=1S/C11H10N2O5.C7H4ClNO4.C4H7NO/c12-7-1-2-8-17-11(14)18-10-5-3-9(4-6-10)13(15)16;8-7(10)13-6-3-1-5(2-4-6)9(11)12;1-5-3-2-4-6/h3-6H,1-2,8H2;1-4H;6H,2-4H2. The molecule has 0 aliphatic rings. The molecular weight excluding hydrogens is 516 g/mol. The molecule has 0 bridgehead atoms. The van der Waals surface area contributed by atoms with Crippen molar-refractivity contribution in [3.05, 3.63) is 80.2 Å². The maximum Gasteiger partial charge on any atom is 0.513 e. The summed E-state index contributed by atoms with van der Waals surface area (Å²) < 4.78 is 13.9. The largest absolute Gasteiger partial charge is 0.513 e. The second kappa shape index (κ2) is 19.5. The van der Waals surface area contributed by atoms with Crippen molar-refractivity contribution in [3.8, 4) is 17.6 Å². The zero-order valence-electron chi connectivity index (χ0n) is 19.1. The van der Waals surface area contributed by atoms with Gasteiger partial charge >= 0.3 is 11.6 Å². The van der Waals surface area contributed by atoms with E-state index >= 15 is 0 Å². The van der Waals surface area contributed by atoms with Crippen LogP contribution in [0.25, 0.3) is 4.85 Å². The number of non-ortho nitro benzene ring substituents is 2. The molecule has 0 saturated carbocycles. The summed E-state index contributed by atoms with van der Waals surface area (Å²) in [4.78, 5) is 43.9. The zero-order valence-corrected chi connectivity index (χ0v) is 19.9. The van der Waals surface area contributed by atoms with Gasteiger partial charge in [0.2, 0.25) is 6.54 Å². The van der Waals surface area contributed by atoms with Gasteiger partial charge in [0, 0.05) is 48.7 Å². The van der Waals surface area contributed by atoms with Crippen molar-refractivity contribution < 1.29 is 38.8 Å². The average Bonchev–Trinajstić information content (AvgIpc) is 2.86. The van der Waals surface area contributed by atoms with Gasteiger partial charge < -0.3 is 24.2 Å². The van der Waals surface area contributed by atoms with E-state index in [1.807, 2.05) is 6.07 Å². The zero-order chi connectivity index (χ0) is 28.1. The van der Waals surface area contributed by atoms with Crippen LogP contribution in [0.3, 0.4) is 0 Å². The third-order valence-corrected chi connectivity index (χ3v) is 3.65. The van der Waals surface area contributed by atoms with Gasteiger partial charge in [0.15, 0.2) is 0 Å². The van der Waals surface area contributed by atoms with Crippen molar-refractivity contribution in [1.82, 2.24) is 0 Å². The number of carbonyl (C=O) groups excluding carboxylic acids is 2. The van der Waals surface area contributed by atoms with E-state index in [4.69, 9.17) is 33.3 Å². The molecule has 14 nitrogen and oxygen atoms in total. The summed E-state index contributed by atoms with van der Waals surface area (Å²) in [5, 5.41) is 36.9. The SMILES string of the molecule is N#CCCCOC(=O)Oc1ccc([N+](=O)[O-])cc1.O=C(Cl)Oc1ccc([N+](=O)[O-])cc1.[C-]#[N+]CCCO. The van der Waals surface area contributed by atoms with Crippen LogP contribution in [0.4, 0.5) is 21.0 Å². The first-order valence-corrected chi connectivity index (χ1v) is 10.5. The van der Waals surface area contributed by atoms with Crippen molar-refractivity contribution in [2.75, 3.05) is 19.8 Å². The maximum absolute atomic E-state index is 11.1. The molecule has 1 N–H and O–H groups in total. The molecule has 0 fully saturated rings. The summed E-state index contributed by atoms with van der Waals surface area (Å²) in [5.41, 5.74) is -1.15. The van der Waals surface area contributed by atoms with Gasteiger partial charge in [-0.05, 0) is 30.7 Å². The van der Waals surface area contributed by atoms with E-state index in [1.165, 1.54) is 48.5 Å². The van der Waals surface area contributed by atoms with Gasteiger partial charge in [0.25, 0.3) is 11.4 Å². The Hall–Kier alpha value is -4.79. The van der Waals surface area contributed by atoms with Gasteiger partial charge in [-0.3, -0.25) is 20.2 Å². The summed E-state index contributed by atoms with van der Waals surface area (Å²) in [6.07, 6.45) is 0.446. The molecule has 0 heterocycles. The van der Waals surface area contributed by atoms with Crippen molar-refractivity contribution in [2.45, 2.75) is 19.3 Å². The molecule has 15 heteroatoms. The van der Waals surface area contributed by atoms with Gasteiger partial charge in [-0.25, -0.2) is 16.2 Å². The van der Waals surface area contributed by atoms with E-state index in [1.54, 1.807) is 0 Å². The lowest BCUT2D eigenvalue weighted by Gasteiger charge is -2.04. The first-order chi connectivity index (χ1) is 17.6. The summed E-state index contributed by atoms with van der Waals surface area (Å²) in [6.45, 7) is 6.91. The van der Waals surface area contributed by atoms with Crippen molar-refractivity contribution in [1.29, 1.82) is 5.26 Å². The van der Waals surface area contributed by atoms with E-state index in [0.29, 0.717) is 25.8 Å². The highest BCUT2D eigenvalue weighted by Gasteiger charge is 2.09. The Morgan fingerprint density at radius 2 is 1.46 bits per heavy atom. The van der Waals surface area contributed by atoms with Crippen molar-refractivity contribution >= 4 is 34.6 Å². The number of hydrogen-bond donors (Lipinski definition) is 1. The molecular formula is C22H21ClN4O10. The molecule has 0 aliphatic heterocycles. The number of rotatable bonds is 9. The van der Waals surface area contributed by atoms with Gasteiger partial charge in [-0.2, -0.15) is 5.26 Å². The third kappa shape index (κ3) is 16.5. The average molecular weight is 537 g/mol. The topological polar surface area (TPSA) is 196 Å². The fourth-order valence-corrected chi connectivity index (χ4v) is 2.04. The van der Waals surface area contributed by atoms with E-state index in [2.05, 4.69) is 14.3 Å². The highest BCUT2D eigenvalue weighted by atomic mass is 35.5. The molecule has 196 valence electrons. The predicted octanol–water partition coefficient (Wildman–Crippen LogP) is 5.03. The van der Waals surface area contributed by atoms with E-state index < -0.39 is 21.4 Å². The van der Waals surface area contributed by atoms with Crippen LogP contribution in [0, 0.1) is 38.1 Å². The molecule has 37 heavy (non-hydrogen) atoms. The number of nitro groups is 2. The van der Waals surface area contributed by atoms with Gasteiger partial charge in [-0.15, -0.1) is 0 Å². The van der Waals surface area contributed by atoms with Crippen molar-refractivity contribution in [3.63, 3.8) is 0 Å². The fraction of sp³-hybridized carbons (Fsp3) is 0.273. The van der Waals surface area contributed by atoms with Crippen LogP contribution < -0.4 is 9.47 Å². The maximum atomic E-state index is 11.1. The number of nitrogens with zero attached hydrogens (tertiary/aromatic N) is 4. The quantitative estimate of drug-likeness (QED) is 0.0856. The normalized spacial score (nSPS) is 8.97. The van der Waals surface area contributed by atoms with E-state index in [0.717, 1.165) is 0 Å². The Bertz CT molecular complexity index is 1100. The summed E-state index contributed by atoms with van der Waals surface area (Å²) in [7, 11) is 0. The third-order valence-electron chi connectivity index (χ3n) is 3.58. The summed E-state index contributed by atoms with van der Waals surface area (Å²) in [5.74, 6) is 0.330. The van der Waals surface area contributed by atoms with E-state index in [9.17, 15) is 29.8 Å². The van der Waals surface area contributed by atoms with Crippen LogP contribution in [-0.2, 0) is 4.74 Å². The first-order valence-electron chi connectivity index (χ1n) is 10.2. The fourth-order valence-electron chi connectivity index (χ4n) is 1.95. The molecule has 0 unspecified atom stereocenters. The molecule has 0 spiro atoms. The van der Waals surface area contributed by atoms with Gasteiger partial charge in [0.1, 0.15) is 11.5 Å². The monoisotopic (exact) mass is 536 g/mol. The van der Waals surface area contributed by atoms with Crippen LogP contribution in [-0.4, -0.2) is 46.3 Å². The van der Waals surface area contributed by atoms with Crippen molar-refractivity contribution in [2.24, 2.45) is 0 Å². The predicted molar refractivity (Wildman–Crippen MR) is 128 cm³/mol. The molecule has 0 amide bonds. The Labute approximate surface area is 215 Å². The minimum atomic E-state index is -0.978. The lowest BCUT2D eigenvalue weighted by Crippen LogP contribution is -2.11. The highest BCUT2D eigenvalue weighted by molar-refractivity contribution is 6.61. The number of benzene rings is 2. The Kier molecular flexibility index (Phi) is 17.0. The number of unbranched alkanes of at least 4 members (excludes halogenated alkanes) is 1. The Morgan fingerprint density at radius 3 is 1.81 bits per heavy atom.